The number of rotatable bonds is 3. The van der Waals surface area contributed by atoms with E-state index in [9.17, 15) is 0 Å². The SMILES string of the molecule is COC(C)(C)[C@@H](C)C(C)=C(C)C. The Morgan fingerprint density at radius 1 is 1.17 bits per heavy atom. The summed E-state index contributed by atoms with van der Waals surface area (Å²) in [5.74, 6) is 0.479. The summed E-state index contributed by atoms with van der Waals surface area (Å²) in [6.45, 7) is 13.0. The van der Waals surface area contributed by atoms with E-state index in [1.165, 1.54) is 11.1 Å². The van der Waals surface area contributed by atoms with Crippen molar-refractivity contribution in [3.8, 4) is 0 Å². The Labute approximate surface area is 76.8 Å². The van der Waals surface area contributed by atoms with Gasteiger partial charge in [0.05, 0.1) is 5.60 Å². The van der Waals surface area contributed by atoms with Crippen molar-refractivity contribution in [1.82, 2.24) is 0 Å². The minimum atomic E-state index is -0.0542. The summed E-state index contributed by atoms with van der Waals surface area (Å²) in [5.41, 5.74) is 2.77. The minimum absolute atomic E-state index is 0.0542. The zero-order chi connectivity index (χ0) is 9.94. The zero-order valence-electron chi connectivity index (χ0n) is 9.49. The minimum Gasteiger partial charge on any atom is -0.378 e. The lowest BCUT2D eigenvalue weighted by atomic mass is 9.85. The molecule has 0 radical (unpaired) electrons. The van der Waals surface area contributed by atoms with Crippen molar-refractivity contribution >= 4 is 0 Å². The van der Waals surface area contributed by atoms with E-state index >= 15 is 0 Å². The molecule has 1 atom stereocenters. The Hall–Kier alpha value is -0.300. The van der Waals surface area contributed by atoms with Gasteiger partial charge in [0.15, 0.2) is 0 Å². The van der Waals surface area contributed by atoms with Crippen LogP contribution in [0.25, 0.3) is 0 Å². The third kappa shape index (κ3) is 2.63. The summed E-state index contributed by atoms with van der Waals surface area (Å²) in [6, 6.07) is 0. The fourth-order valence-electron chi connectivity index (χ4n) is 1.13. The topological polar surface area (TPSA) is 9.23 Å². The van der Waals surface area contributed by atoms with Crippen LogP contribution in [0.15, 0.2) is 11.1 Å². The van der Waals surface area contributed by atoms with Gasteiger partial charge < -0.3 is 4.74 Å². The first-order valence-corrected chi connectivity index (χ1v) is 4.52. The van der Waals surface area contributed by atoms with Crippen molar-refractivity contribution in [1.29, 1.82) is 0 Å². The molecule has 0 saturated carbocycles. The quantitative estimate of drug-likeness (QED) is 0.590. The average Bonchev–Trinajstić information content (AvgIpc) is 2.01. The summed E-state index contributed by atoms with van der Waals surface area (Å²) in [6.07, 6.45) is 0. The molecule has 0 N–H and O–H groups in total. The summed E-state index contributed by atoms with van der Waals surface area (Å²) >= 11 is 0. The summed E-state index contributed by atoms with van der Waals surface area (Å²) < 4.78 is 5.44. The standard InChI is InChI=1S/C11H22O/c1-8(2)9(3)10(4)11(5,6)12-7/h10H,1-7H3/t10-/m0/s1. The molecule has 0 spiro atoms. The highest BCUT2D eigenvalue weighted by molar-refractivity contribution is 5.13. The van der Waals surface area contributed by atoms with E-state index in [0.29, 0.717) is 5.92 Å². The zero-order valence-corrected chi connectivity index (χ0v) is 9.49. The van der Waals surface area contributed by atoms with E-state index in [0.717, 1.165) is 0 Å². The van der Waals surface area contributed by atoms with Crippen LogP contribution in [0.4, 0.5) is 0 Å². The fraction of sp³-hybridized carbons (Fsp3) is 0.818. The van der Waals surface area contributed by atoms with Crippen molar-refractivity contribution in [3.63, 3.8) is 0 Å². The van der Waals surface area contributed by atoms with Crippen molar-refractivity contribution in [2.24, 2.45) is 5.92 Å². The molecule has 0 aliphatic heterocycles. The van der Waals surface area contributed by atoms with E-state index in [-0.39, 0.29) is 5.60 Å². The van der Waals surface area contributed by atoms with E-state index < -0.39 is 0 Å². The molecular weight excluding hydrogens is 148 g/mol. The van der Waals surface area contributed by atoms with Gasteiger partial charge in [0.25, 0.3) is 0 Å². The van der Waals surface area contributed by atoms with Gasteiger partial charge in [-0.2, -0.15) is 0 Å². The van der Waals surface area contributed by atoms with Crippen LogP contribution in [-0.2, 0) is 4.74 Å². The molecule has 0 aromatic carbocycles. The lowest BCUT2D eigenvalue weighted by molar-refractivity contribution is -0.0103. The highest BCUT2D eigenvalue weighted by Gasteiger charge is 2.26. The number of methoxy groups -OCH3 is 1. The molecule has 0 aliphatic carbocycles. The first-order valence-electron chi connectivity index (χ1n) is 4.52. The molecule has 0 rings (SSSR count). The molecule has 0 aliphatic rings. The second kappa shape index (κ2) is 4.08. The fourth-order valence-corrected chi connectivity index (χ4v) is 1.13. The van der Waals surface area contributed by atoms with Gasteiger partial charge in [-0.3, -0.25) is 0 Å². The molecule has 12 heavy (non-hydrogen) atoms. The van der Waals surface area contributed by atoms with Gasteiger partial charge in [0.1, 0.15) is 0 Å². The molecule has 0 fully saturated rings. The van der Waals surface area contributed by atoms with Crippen molar-refractivity contribution < 1.29 is 4.74 Å². The average molecular weight is 170 g/mol. The first kappa shape index (κ1) is 11.7. The highest BCUT2D eigenvalue weighted by atomic mass is 16.5. The van der Waals surface area contributed by atoms with Gasteiger partial charge in [0.2, 0.25) is 0 Å². The Morgan fingerprint density at radius 2 is 1.58 bits per heavy atom. The molecular formula is C11H22O. The maximum atomic E-state index is 5.44. The Kier molecular flexibility index (Phi) is 3.98. The molecule has 0 unspecified atom stereocenters. The van der Waals surface area contributed by atoms with Gasteiger partial charge in [0, 0.05) is 13.0 Å². The third-order valence-electron chi connectivity index (χ3n) is 3.01. The number of allylic oxidation sites excluding steroid dienone is 1. The van der Waals surface area contributed by atoms with Crippen LogP contribution in [-0.4, -0.2) is 12.7 Å². The van der Waals surface area contributed by atoms with Crippen LogP contribution in [0.5, 0.6) is 0 Å². The van der Waals surface area contributed by atoms with Crippen molar-refractivity contribution in [2.75, 3.05) is 7.11 Å². The van der Waals surface area contributed by atoms with Crippen LogP contribution in [0.2, 0.25) is 0 Å². The largest absolute Gasteiger partial charge is 0.378 e. The van der Waals surface area contributed by atoms with E-state index in [2.05, 4.69) is 41.5 Å². The molecule has 72 valence electrons. The first-order chi connectivity index (χ1) is 5.33. The van der Waals surface area contributed by atoms with Gasteiger partial charge in [-0.1, -0.05) is 18.1 Å². The molecule has 0 amide bonds. The molecule has 0 bridgehead atoms. The van der Waals surface area contributed by atoms with Gasteiger partial charge in [-0.05, 0) is 34.6 Å². The van der Waals surface area contributed by atoms with Crippen LogP contribution in [0.1, 0.15) is 41.5 Å². The summed E-state index contributed by atoms with van der Waals surface area (Å²) in [4.78, 5) is 0. The van der Waals surface area contributed by atoms with Crippen LogP contribution >= 0.6 is 0 Å². The van der Waals surface area contributed by atoms with Gasteiger partial charge in [-0.15, -0.1) is 0 Å². The third-order valence-corrected chi connectivity index (χ3v) is 3.01. The van der Waals surface area contributed by atoms with E-state index in [1.54, 1.807) is 7.11 Å². The number of hydrogen-bond acceptors (Lipinski definition) is 1. The predicted octanol–water partition coefficient (Wildman–Crippen LogP) is 3.40. The van der Waals surface area contributed by atoms with Gasteiger partial charge in [-0.25, -0.2) is 0 Å². The molecule has 1 nitrogen and oxygen atoms in total. The van der Waals surface area contributed by atoms with Gasteiger partial charge >= 0.3 is 0 Å². The number of hydrogen-bond donors (Lipinski definition) is 0. The second-order valence-electron chi connectivity index (χ2n) is 4.21. The Morgan fingerprint density at radius 3 is 1.83 bits per heavy atom. The normalized spacial score (nSPS) is 14.2. The molecule has 0 aromatic heterocycles. The molecule has 0 aromatic rings. The van der Waals surface area contributed by atoms with Crippen LogP contribution in [0.3, 0.4) is 0 Å². The molecule has 1 heteroatoms. The summed E-state index contributed by atoms with van der Waals surface area (Å²) in [5, 5.41) is 0. The van der Waals surface area contributed by atoms with E-state index in [1.807, 2.05) is 0 Å². The van der Waals surface area contributed by atoms with Crippen molar-refractivity contribution in [3.05, 3.63) is 11.1 Å². The van der Waals surface area contributed by atoms with Crippen LogP contribution in [0, 0.1) is 5.92 Å². The molecule has 0 saturated heterocycles. The smallest absolute Gasteiger partial charge is 0.0685 e. The lowest BCUT2D eigenvalue weighted by Gasteiger charge is -2.31. The lowest BCUT2D eigenvalue weighted by Crippen LogP contribution is -2.32. The highest BCUT2D eigenvalue weighted by Crippen LogP contribution is 2.28. The Balaban J connectivity index is 4.61. The maximum absolute atomic E-state index is 5.44. The maximum Gasteiger partial charge on any atom is 0.0685 e. The van der Waals surface area contributed by atoms with E-state index in [4.69, 9.17) is 4.74 Å². The molecule has 0 heterocycles. The summed E-state index contributed by atoms with van der Waals surface area (Å²) in [7, 11) is 1.77. The second-order valence-corrected chi connectivity index (χ2v) is 4.21. The number of ether oxygens (including phenoxy) is 1. The Bertz CT molecular complexity index is 173. The van der Waals surface area contributed by atoms with Crippen LogP contribution < -0.4 is 0 Å². The monoisotopic (exact) mass is 170 g/mol. The predicted molar refractivity (Wildman–Crippen MR) is 54.3 cm³/mol. The van der Waals surface area contributed by atoms with Crippen molar-refractivity contribution in [2.45, 2.75) is 47.1 Å².